The van der Waals surface area contributed by atoms with E-state index in [1.165, 1.54) is 22.3 Å². The fourth-order valence-corrected chi connectivity index (χ4v) is 4.55. The van der Waals surface area contributed by atoms with Crippen LogP contribution in [0.5, 0.6) is 0 Å². The smallest absolute Gasteiger partial charge is 0.193 e. The van der Waals surface area contributed by atoms with E-state index in [-0.39, 0.29) is 6.10 Å². The summed E-state index contributed by atoms with van der Waals surface area (Å²) in [5.74, 6) is 0.986. The molecule has 0 amide bonds. The minimum Gasteiger partial charge on any atom is -0.393 e. The summed E-state index contributed by atoms with van der Waals surface area (Å²) in [5, 5.41) is 13.2. The van der Waals surface area contributed by atoms with E-state index in [0.717, 1.165) is 70.9 Å². The molecule has 2 aromatic carbocycles. The highest BCUT2D eigenvalue weighted by Crippen LogP contribution is 2.20. The van der Waals surface area contributed by atoms with Crippen LogP contribution in [0.15, 0.2) is 65.2 Å². The second-order valence-electron chi connectivity index (χ2n) is 8.92. The number of likely N-dealkylation sites (tertiary alicyclic amines) is 2. The van der Waals surface area contributed by atoms with E-state index >= 15 is 0 Å². The third-order valence-electron chi connectivity index (χ3n) is 6.52. The summed E-state index contributed by atoms with van der Waals surface area (Å²) >= 11 is 0. The molecule has 32 heavy (non-hydrogen) atoms. The summed E-state index contributed by atoms with van der Waals surface area (Å²) in [6, 6.07) is 19.5. The van der Waals surface area contributed by atoms with Crippen LogP contribution in [0.2, 0.25) is 0 Å². The number of piperidine rings is 2. The molecule has 2 aliphatic heterocycles. The summed E-state index contributed by atoms with van der Waals surface area (Å²) in [6.07, 6.45) is 6.17. The van der Waals surface area contributed by atoms with Gasteiger partial charge in [-0.1, -0.05) is 66.2 Å². The standard InChI is InChI=1S/C27H36N4O/c1-28-27(31-17-11-23(12-18-31)19-22-5-3-2-4-6-22)29-20-24-7-9-25(10-8-24)21-30-15-13-26(32)14-16-30/h2-10,19,26,32H,11-18,20-21H2,1H3,(H,28,29). The van der Waals surface area contributed by atoms with Gasteiger partial charge < -0.3 is 15.3 Å². The van der Waals surface area contributed by atoms with Gasteiger partial charge in [0.1, 0.15) is 0 Å². The number of nitrogens with zero attached hydrogens (tertiary/aromatic N) is 3. The van der Waals surface area contributed by atoms with E-state index in [4.69, 9.17) is 0 Å². The predicted molar refractivity (Wildman–Crippen MR) is 132 cm³/mol. The normalized spacial score (nSPS) is 18.6. The Bertz CT molecular complexity index is 889. The molecule has 2 fully saturated rings. The molecule has 0 aliphatic carbocycles. The zero-order chi connectivity index (χ0) is 22.2. The van der Waals surface area contributed by atoms with Gasteiger partial charge in [0, 0.05) is 46.3 Å². The predicted octanol–water partition coefficient (Wildman–Crippen LogP) is 3.90. The van der Waals surface area contributed by atoms with Gasteiger partial charge in [0.25, 0.3) is 0 Å². The summed E-state index contributed by atoms with van der Waals surface area (Å²) in [5.41, 5.74) is 5.41. The second-order valence-corrected chi connectivity index (χ2v) is 8.92. The first-order valence-electron chi connectivity index (χ1n) is 11.9. The van der Waals surface area contributed by atoms with Crippen LogP contribution in [0.4, 0.5) is 0 Å². The Morgan fingerprint density at radius 3 is 2.28 bits per heavy atom. The lowest BCUT2D eigenvalue weighted by Crippen LogP contribution is -2.44. The van der Waals surface area contributed by atoms with Crippen LogP contribution in [-0.2, 0) is 13.1 Å². The van der Waals surface area contributed by atoms with Crippen LogP contribution in [0.1, 0.15) is 42.4 Å². The Balaban J connectivity index is 1.24. The summed E-state index contributed by atoms with van der Waals surface area (Å²) in [4.78, 5) is 9.31. The Hall–Kier alpha value is -2.63. The molecule has 0 bridgehead atoms. The second kappa shape index (κ2) is 11.3. The molecular formula is C27H36N4O. The number of rotatable bonds is 5. The Morgan fingerprint density at radius 2 is 1.62 bits per heavy atom. The van der Waals surface area contributed by atoms with E-state index in [1.807, 2.05) is 7.05 Å². The third kappa shape index (κ3) is 6.44. The lowest BCUT2D eigenvalue weighted by atomic mass is 10.0. The fraction of sp³-hybridized carbons (Fsp3) is 0.444. The molecule has 2 aromatic rings. The molecule has 170 valence electrons. The van der Waals surface area contributed by atoms with E-state index in [9.17, 15) is 5.11 Å². The van der Waals surface area contributed by atoms with Gasteiger partial charge in [-0.15, -0.1) is 0 Å². The van der Waals surface area contributed by atoms with E-state index in [2.05, 4.69) is 80.8 Å². The lowest BCUT2D eigenvalue weighted by molar-refractivity contribution is 0.0792. The van der Waals surface area contributed by atoms with Gasteiger partial charge in [-0.05, 0) is 42.4 Å². The average molecular weight is 433 g/mol. The summed E-state index contributed by atoms with van der Waals surface area (Å²) < 4.78 is 0. The molecule has 0 atom stereocenters. The minimum absolute atomic E-state index is 0.111. The van der Waals surface area contributed by atoms with Crippen molar-refractivity contribution in [3.63, 3.8) is 0 Å². The highest BCUT2D eigenvalue weighted by molar-refractivity contribution is 5.80. The molecule has 2 saturated heterocycles. The van der Waals surface area contributed by atoms with Crippen molar-refractivity contribution in [1.82, 2.24) is 15.1 Å². The maximum Gasteiger partial charge on any atom is 0.193 e. The van der Waals surface area contributed by atoms with Crippen LogP contribution in [0.25, 0.3) is 6.08 Å². The number of aliphatic imine (C=N–C) groups is 1. The largest absolute Gasteiger partial charge is 0.393 e. The summed E-state index contributed by atoms with van der Waals surface area (Å²) in [7, 11) is 1.87. The van der Waals surface area contributed by atoms with Crippen LogP contribution < -0.4 is 5.32 Å². The molecule has 2 aliphatic rings. The first kappa shape index (κ1) is 22.6. The van der Waals surface area contributed by atoms with Crippen LogP contribution in [-0.4, -0.2) is 60.2 Å². The Morgan fingerprint density at radius 1 is 0.969 bits per heavy atom. The van der Waals surface area contributed by atoms with Crippen molar-refractivity contribution in [3.05, 3.63) is 76.9 Å². The van der Waals surface area contributed by atoms with E-state index in [0.29, 0.717) is 0 Å². The first-order valence-corrected chi connectivity index (χ1v) is 11.9. The van der Waals surface area contributed by atoms with Crippen molar-refractivity contribution in [2.24, 2.45) is 4.99 Å². The fourth-order valence-electron chi connectivity index (χ4n) is 4.55. The van der Waals surface area contributed by atoms with Crippen molar-refractivity contribution in [2.75, 3.05) is 33.2 Å². The van der Waals surface area contributed by atoms with Crippen molar-refractivity contribution in [1.29, 1.82) is 0 Å². The molecule has 5 heteroatoms. The molecule has 0 unspecified atom stereocenters. The van der Waals surface area contributed by atoms with E-state index < -0.39 is 0 Å². The number of benzene rings is 2. The van der Waals surface area contributed by atoms with Gasteiger partial charge in [0.2, 0.25) is 0 Å². The van der Waals surface area contributed by atoms with Gasteiger partial charge in [0.15, 0.2) is 5.96 Å². The van der Waals surface area contributed by atoms with Crippen molar-refractivity contribution < 1.29 is 5.11 Å². The zero-order valence-electron chi connectivity index (χ0n) is 19.2. The van der Waals surface area contributed by atoms with Crippen molar-refractivity contribution >= 4 is 12.0 Å². The number of nitrogens with one attached hydrogen (secondary N) is 1. The zero-order valence-corrected chi connectivity index (χ0v) is 19.2. The van der Waals surface area contributed by atoms with Crippen molar-refractivity contribution in [3.8, 4) is 0 Å². The number of aliphatic hydroxyl groups is 1. The Labute approximate surface area is 192 Å². The van der Waals surface area contributed by atoms with Crippen LogP contribution >= 0.6 is 0 Å². The van der Waals surface area contributed by atoms with Crippen molar-refractivity contribution in [2.45, 2.75) is 44.9 Å². The molecular weight excluding hydrogens is 396 g/mol. The number of aliphatic hydroxyl groups excluding tert-OH is 1. The number of hydrogen-bond acceptors (Lipinski definition) is 3. The minimum atomic E-state index is -0.111. The molecule has 2 heterocycles. The maximum absolute atomic E-state index is 9.67. The average Bonchev–Trinajstić information content (AvgIpc) is 2.84. The van der Waals surface area contributed by atoms with Gasteiger partial charge in [-0.2, -0.15) is 0 Å². The van der Waals surface area contributed by atoms with Crippen LogP contribution in [0, 0.1) is 0 Å². The summed E-state index contributed by atoms with van der Waals surface area (Å²) in [6.45, 7) is 5.72. The molecule has 5 nitrogen and oxygen atoms in total. The quantitative estimate of drug-likeness (QED) is 0.556. The third-order valence-corrected chi connectivity index (χ3v) is 6.52. The molecule has 0 spiro atoms. The number of hydrogen-bond donors (Lipinski definition) is 2. The molecule has 2 N–H and O–H groups in total. The SMILES string of the molecule is CN=C(NCc1ccc(CN2CCC(O)CC2)cc1)N1CCC(=Cc2ccccc2)CC1. The Kier molecular flexibility index (Phi) is 7.97. The molecule has 0 radical (unpaired) electrons. The molecule has 0 aromatic heterocycles. The lowest BCUT2D eigenvalue weighted by Gasteiger charge is -2.31. The monoisotopic (exact) mass is 432 g/mol. The molecule has 4 rings (SSSR count). The highest BCUT2D eigenvalue weighted by Gasteiger charge is 2.18. The first-order chi connectivity index (χ1) is 15.7. The highest BCUT2D eigenvalue weighted by atomic mass is 16.3. The topological polar surface area (TPSA) is 51.1 Å². The van der Waals surface area contributed by atoms with E-state index in [1.54, 1.807) is 0 Å². The van der Waals surface area contributed by atoms with Gasteiger partial charge in [0.05, 0.1) is 6.10 Å². The molecule has 0 saturated carbocycles. The van der Waals surface area contributed by atoms with Crippen LogP contribution in [0.3, 0.4) is 0 Å². The van der Waals surface area contributed by atoms with Gasteiger partial charge in [-0.3, -0.25) is 9.89 Å². The van der Waals surface area contributed by atoms with Gasteiger partial charge in [-0.25, -0.2) is 0 Å². The number of guanidine groups is 1. The maximum atomic E-state index is 9.67. The van der Waals surface area contributed by atoms with Gasteiger partial charge >= 0.3 is 0 Å².